The predicted molar refractivity (Wildman–Crippen MR) is 87.3 cm³/mol. The highest BCUT2D eigenvalue weighted by Gasteiger charge is 2.44. The summed E-state index contributed by atoms with van der Waals surface area (Å²) < 4.78 is 11.6. The van der Waals surface area contributed by atoms with Gasteiger partial charge in [0.2, 0.25) is 0 Å². The van der Waals surface area contributed by atoms with Crippen LogP contribution in [-0.2, 0) is 9.47 Å². The quantitative estimate of drug-likeness (QED) is 0.617. The molecule has 1 aliphatic carbocycles. The standard InChI is InChI=1S/C18H24N2O3/c1-3-9-22-12-15-6-7-16-17(15)23-10-8-20(16)18(21)14-5-4-13(2)19-11-14/h3-5,11,15-17H,1,6-10,12H2,2H3/t15?,16-,17?/m0/s1. The number of aryl methyl sites for hydroxylation is 1. The zero-order valence-electron chi connectivity index (χ0n) is 13.6. The van der Waals surface area contributed by atoms with E-state index >= 15 is 0 Å². The largest absolute Gasteiger partial charge is 0.377 e. The molecule has 0 aromatic carbocycles. The molecular weight excluding hydrogens is 292 g/mol. The Balaban J connectivity index is 1.68. The number of carbonyl (C=O) groups is 1. The van der Waals surface area contributed by atoms with Gasteiger partial charge in [-0.05, 0) is 31.9 Å². The second-order valence-corrected chi connectivity index (χ2v) is 6.25. The van der Waals surface area contributed by atoms with Crippen LogP contribution in [-0.4, -0.2) is 54.3 Å². The Morgan fingerprint density at radius 3 is 3.13 bits per heavy atom. The highest BCUT2D eigenvalue weighted by molar-refractivity contribution is 5.94. The molecule has 3 atom stereocenters. The third-order valence-corrected chi connectivity index (χ3v) is 4.71. The Morgan fingerprint density at radius 1 is 1.52 bits per heavy atom. The molecule has 2 fully saturated rings. The Bertz CT molecular complexity index is 558. The number of rotatable bonds is 5. The van der Waals surface area contributed by atoms with E-state index in [-0.39, 0.29) is 18.1 Å². The zero-order chi connectivity index (χ0) is 16.2. The van der Waals surface area contributed by atoms with E-state index in [0.29, 0.717) is 37.8 Å². The number of aromatic nitrogens is 1. The smallest absolute Gasteiger partial charge is 0.255 e. The Kier molecular flexibility index (Phi) is 5.08. The fourth-order valence-electron chi connectivity index (χ4n) is 3.55. The molecule has 1 saturated carbocycles. The van der Waals surface area contributed by atoms with Gasteiger partial charge in [0.1, 0.15) is 0 Å². The van der Waals surface area contributed by atoms with Gasteiger partial charge in [-0.15, -0.1) is 6.58 Å². The van der Waals surface area contributed by atoms with Crippen LogP contribution < -0.4 is 0 Å². The van der Waals surface area contributed by atoms with Gasteiger partial charge in [0.25, 0.3) is 5.91 Å². The molecule has 1 saturated heterocycles. The van der Waals surface area contributed by atoms with E-state index in [2.05, 4.69) is 11.6 Å². The molecule has 124 valence electrons. The van der Waals surface area contributed by atoms with Gasteiger partial charge in [-0.2, -0.15) is 0 Å². The molecule has 5 heteroatoms. The molecule has 3 rings (SSSR count). The average molecular weight is 316 g/mol. The summed E-state index contributed by atoms with van der Waals surface area (Å²) in [5, 5.41) is 0. The van der Waals surface area contributed by atoms with Crippen LogP contribution in [0.3, 0.4) is 0 Å². The van der Waals surface area contributed by atoms with Gasteiger partial charge in [0.05, 0.1) is 37.5 Å². The van der Waals surface area contributed by atoms with E-state index in [9.17, 15) is 4.79 Å². The van der Waals surface area contributed by atoms with Crippen molar-refractivity contribution in [1.29, 1.82) is 0 Å². The van der Waals surface area contributed by atoms with Crippen molar-refractivity contribution < 1.29 is 14.3 Å². The first-order chi connectivity index (χ1) is 11.2. The first-order valence-corrected chi connectivity index (χ1v) is 8.24. The molecule has 1 aliphatic heterocycles. The maximum Gasteiger partial charge on any atom is 0.255 e. The molecule has 0 radical (unpaired) electrons. The van der Waals surface area contributed by atoms with Crippen molar-refractivity contribution in [2.75, 3.05) is 26.4 Å². The summed E-state index contributed by atoms with van der Waals surface area (Å²) in [5.41, 5.74) is 1.57. The fraction of sp³-hybridized carbons (Fsp3) is 0.556. The van der Waals surface area contributed by atoms with Crippen molar-refractivity contribution >= 4 is 5.91 Å². The third kappa shape index (κ3) is 3.46. The summed E-state index contributed by atoms with van der Waals surface area (Å²) in [4.78, 5) is 19.0. The van der Waals surface area contributed by atoms with Crippen LogP contribution in [0.1, 0.15) is 28.9 Å². The number of carbonyl (C=O) groups excluding carboxylic acids is 1. The SMILES string of the molecule is C=CCOCC1CC[C@H]2C1OCCN2C(=O)c1ccc(C)nc1. The maximum absolute atomic E-state index is 12.8. The number of amides is 1. The second kappa shape index (κ2) is 7.23. The van der Waals surface area contributed by atoms with Crippen molar-refractivity contribution in [2.45, 2.75) is 31.9 Å². The summed E-state index contributed by atoms with van der Waals surface area (Å²) in [7, 11) is 0. The Hall–Kier alpha value is -1.72. The lowest BCUT2D eigenvalue weighted by atomic mass is 10.0. The van der Waals surface area contributed by atoms with Crippen LogP contribution in [0.5, 0.6) is 0 Å². The monoisotopic (exact) mass is 316 g/mol. The molecule has 2 aliphatic rings. The molecule has 0 spiro atoms. The molecule has 1 aromatic rings. The predicted octanol–water partition coefficient (Wildman–Crippen LogP) is 2.21. The minimum atomic E-state index is 0.0588. The lowest BCUT2D eigenvalue weighted by molar-refractivity contribution is -0.0738. The number of ether oxygens (including phenoxy) is 2. The minimum Gasteiger partial charge on any atom is -0.377 e. The Morgan fingerprint density at radius 2 is 2.39 bits per heavy atom. The lowest BCUT2D eigenvalue weighted by Crippen LogP contribution is -2.53. The highest BCUT2D eigenvalue weighted by atomic mass is 16.5. The normalized spacial score (nSPS) is 26.8. The summed E-state index contributed by atoms with van der Waals surface area (Å²) in [5.74, 6) is 0.412. The summed E-state index contributed by atoms with van der Waals surface area (Å²) in [6.45, 7) is 8.05. The van der Waals surface area contributed by atoms with Gasteiger partial charge in [-0.1, -0.05) is 6.08 Å². The molecule has 23 heavy (non-hydrogen) atoms. The summed E-state index contributed by atoms with van der Waals surface area (Å²) in [6, 6.07) is 3.88. The molecule has 5 nitrogen and oxygen atoms in total. The highest BCUT2D eigenvalue weighted by Crippen LogP contribution is 2.35. The number of nitrogens with zero attached hydrogens (tertiary/aromatic N) is 2. The van der Waals surface area contributed by atoms with E-state index < -0.39 is 0 Å². The number of fused-ring (bicyclic) bond motifs is 1. The van der Waals surface area contributed by atoms with Crippen molar-refractivity contribution in [1.82, 2.24) is 9.88 Å². The van der Waals surface area contributed by atoms with Crippen LogP contribution >= 0.6 is 0 Å². The van der Waals surface area contributed by atoms with E-state index in [4.69, 9.17) is 9.47 Å². The van der Waals surface area contributed by atoms with Crippen LogP contribution in [0.2, 0.25) is 0 Å². The van der Waals surface area contributed by atoms with Gasteiger partial charge in [0.15, 0.2) is 0 Å². The van der Waals surface area contributed by atoms with Crippen molar-refractivity contribution in [2.24, 2.45) is 5.92 Å². The first-order valence-electron chi connectivity index (χ1n) is 8.24. The van der Waals surface area contributed by atoms with Crippen LogP contribution in [0.15, 0.2) is 31.0 Å². The maximum atomic E-state index is 12.8. The van der Waals surface area contributed by atoms with Gasteiger partial charge in [-0.25, -0.2) is 0 Å². The molecular formula is C18H24N2O3. The van der Waals surface area contributed by atoms with Crippen molar-refractivity contribution in [3.8, 4) is 0 Å². The number of pyridine rings is 1. The van der Waals surface area contributed by atoms with Crippen molar-refractivity contribution in [3.05, 3.63) is 42.2 Å². The molecule has 2 unspecified atom stereocenters. The van der Waals surface area contributed by atoms with Crippen LogP contribution in [0.25, 0.3) is 0 Å². The number of morpholine rings is 1. The van der Waals surface area contributed by atoms with Crippen LogP contribution in [0.4, 0.5) is 0 Å². The third-order valence-electron chi connectivity index (χ3n) is 4.71. The first kappa shape index (κ1) is 16.1. The molecule has 1 aromatic heterocycles. The summed E-state index contributed by atoms with van der Waals surface area (Å²) >= 11 is 0. The molecule has 1 amide bonds. The zero-order valence-corrected chi connectivity index (χ0v) is 13.6. The van der Waals surface area contributed by atoms with E-state index in [1.54, 1.807) is 12.3 Å². The van der Waals surface area contributed by atoms with E-state index in [1.165, 1.54) is 0 Å². The molecule has 2 heterocycles. The van der Waals surface area contributed by atoms with E-state index in [0.717, 1.165) is 18.5 Å². The fourth-order valence-corrected chi connectivity index (χ4v) is 3.55. The Labute approximate surface area is 137 Å². The number of hydrogen-bond acceptors (Lipinski definition) is 4. The van der Waals surface area contributed by atoms with Gasteiger partial charge in [-0.3, -0.25) is 9.78 Å². The van der Waals surface area contributed by atoms with Crippen molar-refractivity contribution in [3.63, 3.8) is 0 Å². The summed E-state index contributed by atoms with van der Waals surface area (Å²) in [6.07, 6.45) is 5.51. The number of hydrogen-bond donors (Lipinski definition) is 0. The molecule has 0 N–H and O–H groups in total. The average Bonchev–Trinajstić information content (AvgIpc) is 2.98. The van der Waals surface area contributed by atoms with Gasteiger partial charge < -0.3 is 14.4 Å². The van der Waals surface area contributed by atoms with E-state index in [1.807, 2.05) is 24.0 Å². The minimum absolute atomic E-state index is 0.0588. The van der Waals surface area contributed by atoms with Crippen LogP contribution in [0, 0.1) is 12.8 Å². The lowest BCUT2D eigenvalue weighted by Gasteiger charge is -2.39. The second-order valence-electron chi connectivity index (χ2n) is 6.25. The van der Waals surface area contributed by atoms with Gasteiger partial charge in [0, 0.05) is 24.4 Å². The molecule has 0 bridgehead atoms. The van der Waals surface area contributed by atoms with Gasteiger partial charge >= 0.3 is 0 Å². The topological polar surface area (TPSA) is 51.7 Å².